The number of ether oxygens (including phenoxy) is 1. The summed E-state index contributed by atoms with van der Waals surface area (Å²) in [6.07, 6.45) is 1.18. The minimum atomic E-state index is -1.20. The Labute approximate surface area is 105 Å². The van der Waals surface area contributed by atoms with Crippen molar-refractivity contribution in [3.05, 3.63) is 40.7 Å². The van der Waals surface area contributed by atoms with Crippen molar-refractivity contribution in [1.29, 1.82) is 0 Å². The number of pyridine rings is 1. The van der Waals surface area contributed by atoms with E-state index in [0.717, 1.165) is 12.0 Å². The molecule has 1 atom stereocenters. The van der Waals surface area contributed by atoms with Crippen LogP contribution in [0.1, 0.15) is 24.2 Å². The van der Waals surface area contributed by atoms with Crippen molar-refractivity contribution in [3.63, 3.8) is 0 Å². The van der Waals surface area contributed by atoms with Crippen LogP contribution in [-0.4, -0.2) is 23.2 Å². The number of nitrogens with zero attached hydrogens (tertiary/aromatic N) is 1. The van der Waals surface area contributed by atoms with E-state index in [0.29, 0.717) is 5.56 Å². The van der Waals surface area contributed by atoms with Crippen LogP contribution in [0.4, 0.5) is 0 Å². The van der Waals surface area contributed by atoms with Crippen molar-refractivity contribution in [1.82, 2.24) is 4.98 Å². The summed E-state index contributed by atoms with van der Waals surface area (Å²) in [6, 6.07) is 1.70. The first-order valence-electron chi connectivity index (χ1n) is 5.10. The molecule has 17 heavy (non-hydrogen) atoms. The van der Waals surface area contributed by atoms with Crippen LogP contribution in [0.3, 0.4) is 0 Å². The molecule has 0 aliphatic rings. The lowest BCUT2D eigenvalue weighted by Gasteiger charge is -2.14. The van der Waals surface area contributed by atoms with E-state index in [2.05, 4.69) is 16.3 Å². The Morgan fingerprint density at radius 1 is 1.71 bits per heavy atom. The molecule has 0 bridgehead atoms. The summed E-state index contributed by atoms with van der Waals surface area (Å²) in [5.74, 6) is -0.671. The molecular weight excluding hydrogens is 242 g/mol. The summed E-state index contributed by atoms with van der Waals surface area (Å²) < 4.78 is 4.49. The van der Waals surface area contributed by atoms with E-state index < -0.39 is 12.1 Å². The highest BCUT2D eigenvalue weighted by Gasteiger charge is 2.22. The summed E-state index contributed by atoms with van der Waals surface area (Å²) in [4.78, 5) is 15.2. The van der Waals surface area contributed by atoms with Crippen LogP contribution in [0.15, 0.2) is 24.4 Å². The Kier molecular flexibility index (Phi) is 4.66. The number of hydrogen-bond acceptors (Lipinski definition) is 4. The van der Waals surface area contributed by atoms with Gasteiger partial charge in [-0.25, -0.2) is 9.78 Å². The van der Waals surface area contributed by atoms with Gasteiger partial charge in [0.15, 0.2) is 0 Å². The predicted octanol–water partition coefficient (Wildman–Crippen LogP) is 2.06. The summed E-state index contributed by atoms with van der Waals surface area (Å²) in [5, 5.41) is 10.1. The molecule has 0 fully saturated rings. The second-order valence-corrected chi connectivity index (χ2v) is 3.85. The van der Waals surface area contributed by atoms with Gasteiger partial charge in [0.2, 0.25) is 0 Å². The Bertz CT molecular complexity index is 445. The van der Waals surface area contributed by atoms with Gasteiger partial charge in [-0.1, -0.05) is 25.1 Å². The van der Waals surface area contributed by atoms with Gasteiger partial charge in [-0.05, 0) is 18.1 Å². The van der Waals surface area contributed by atoms with E-state index in [9.17, 15) is 9.90 Å². The molecule has 0 radical (unpaired) electrons. The molecule has 5 heteroatoms. The largest absolute Gasteiger partial charge is 0.466 e. The first-order valence-corrected chi connectivity index (χ1v) is 5.48. The Morgan fingerprint density at radius 2 is 2.35 bits per heavy atom. The van der Waals surface area contributed by atoms with Gasteiger partial charge < -0.3 is 9.84 Å². The van der Waals surface area contributed by atoms with Gasteiger partial charge >= 0.3 is 5.97 Å². The number of carbonyl (C=O) groups is 1. The fourth-order valence-electron chi connectivity index (χ4n) is 1.33. The zero-order chi connectivity index (χ0) is 13.0. The van der Waals surface area contributed by atoms with Gasteiger partial charge in [0.25, 0.3) is 0 Å². The normalized spacial score (nSPS) is 12.0. The molecule has 0 aliphatic heterocycles. The quantitative estimate of drug-likeness (QED) is 0.508. The average Bonchev–Trinajstić information content (AvgIpc) is 2.36. The Balaban J connectivity index is 3.06. The van der Waals surface area contributed by atoms with Gasteiger partial charge in [0.1, 0.15) is 11.3 Å². The maximum Gasteiger partial charge on any atom is 0.336 e. The second kappa shape index (κ2) is 5.80. The van der Waals surface area contributed by atoms with Crippen LogP contribution in [0, 0.1) is 0 Å². The topological polar surface area (TPSA) is 59.4 Å². The number of aliphatic hydroxyl groups excluding tert-OH is 1. The zero-order valence-electron chi connectivity index (χ0n) is 9.74. The number of rotatable bonds is 4. The number of aromatic nitrogens is 1. The SMILES string of the molecule is C=C(C(=O)OC)C(O)c1cc(CC)cnc1Cl. The summed E-state index contributed by atoms with van der Waals surface area (Å²) in [6.45, 7) is 5.44. The number of hydrogen-bond donors (Lipinski definition) is 1. The molecule has 1 aromatic heterocycles. The van der Waals surface area contributed by atoms with Crippen LogP contribution in [-0.2, 0) is 16.0 Å². The van der Waals surface area contributed by atoms with Gasteiger partial charge in [-0.3, -0.25) is 0 Å². The van der Waals surface area contributed by atoms with E-state index >= 15 is 0 Å². The maximum atomic E-state index is 11.2. The highest BCUT2D eigenvalue weighted by Crippen LogP contribution is 2.27. The van der Waals surface area contributed by atoms with Crippen molar-refractivity contribution in [2.45, 2.75) is 19.4 Å². The number of carbonyl (C=O) groups excluding carboxylic acids is 1. The standard InChI is InChI=1S/C12H14ClNO3/c1-4-8-5-9(11(13)14-6-8)10(15)7(2)12(16)17-3/h5-6,10,15H,2,4H2,1,3H3. The number of aryl methyl sites for hydroxylation is 1. The first kappa shape index (κ1) is 13.7. The molecule has 0 aliphatic carbocycles. The number of halogens is 1. The van der Waals surface area contributed by atoms with Crippen LogP contribution < -0.4 is 0 Å². The number of esters is 1. The van der Waals surface area contributed by atoms with Crippen molar-refractivity contribution >= 4 is 17.6 Å². The second-order valence-electron chi connectivity index (χ2n) is 3.50. The van der Waals surface area contributed by atoms with Crippen LogP contribution in [0.25, 0.3) is 0 Å². The average molecular weight is 256 g/mol. The first-order chi connectivity index (χ1) is 8.01. The molecule has 0 amide bonds. The fraction of sp³-hybridized carbons (Fsp3) is 0.333. The highest BCUT2D eigenvalue weighted by atomic mass is 35.5. The molecular formula is C12H14ClNO3. The molecule has 1 heterocycles. The van der Waals surface area contributed by atoms with E-state index in [1.165, 1.54) is 7.11 Å². The van der Waals surface area contributed by atoms with Gasteiger partial charge in [0, 0.05) is 11.8 Å². The molecule has 4 nitrogen and oxygen atoms in total. The van der Waals surface area contributed by atoms with Crippen molar-refractivity contribution < 1.29 is 14.6 Å². The van der Waals surface area contributed by atoms with Crippen LogP contribution in [0.2, 0.25) is 5.15 Å². The van der Waals surface area contributed by atoms with E-state index in [-0.39, 0.29) is 10.7 Å². The minimum Gasteiger partial charge on any atom is -0.466 e. The lowest BCUT2D eigenvalue weighted by Crippen LogP contribution is -2.13. The third-order valence-corrected chi connectivity index (χ3v) is 2.72. The number of aliphatic hydroxyl groups is 1. The molecule has 1 rings (SSSR count). The summed E-state index contributed by atoms with van der Waals surface area (Å²) in [5.41, 5.74) is 1.21. The summed E-state index contributed by atoms with van der Waals surface area (Å²) in [7, 11) is 1.22. The van der Waals surface area contributed by atoms with Crippen molar-refractivity contribution in [2.75, 3.05) is 7.11 Å². The molecule has 0 saturated heterocycles. The van der Waals surface area contributed by atoms with Crippen molar-refractivity contribution in [3.8, 4) is 0 Å². The maximum absolute atomic E-state index is 11.2. The molecule has 1 N–H and O–H groups in total. The van der Waals surface area contributed by atoms with Crippen molar-refractivity contribution in [2.24, 2.45) is 0 Å². The molecule has 1 aromatic rings. The van der Waals surface area contributed by atoms with E-state index in [1.807, 2.05) is 6.92 Å². The zero-order valence-corrected chi connectivity index (χ0v) is 10.5. The highest BCUT2D eigenvalue weighted by molar-refractivity contribution is 6.30. The van der Waals surface area contributed by atoms with Gasteiger partial charge in [-0.15, -0.1) is 0 Å². The van der Waals surface area contributed by atoms with E-state index in [4.69, 9.17) is 11.6 Å². The molecule has 0 saturated carbocycles. The predicted molar refractivity (Wildman–Crippen MR) is 64.7 cm³/mol. The van der Waals surface area contributed by atoms with Gasteiger partial charge in [0.05, 0.1) is 12.7 Å². The number of methoxy groups -OCH3 is 1. The third kappa shape index (κ3) is 3.05. The molecule has 0 aromatic carbocycles. The molecule has 92 valence electrons. The molecule has 0 spiro atoms. The van der Waals surface area contributed by atoms with Crippen LogP contribution >= 0.6 is 11.6 Å². The molecule has 1 unspecified atom stereocenters. The summed E-state index contributed by atoms with van der Waals surface area (Å²) >= 11 is 5.88. The van der Waals surface area contributed by atoms with Crippen LogP contribution in [0.5, 0.6) is 0 Å². The monoisotopic (exact) mass is 255 g/mol. The smallest absolute Gasteiger partial charge is 0.336 e. The van der Waals surface area contributed by atoms with Gasteiger partial charge in [-0.2, -0.15) is 0 Å². The van der Waals surface area contributed by atoms with E-state index in [1.54, 1.807) is 12.3 Å². The Hall–Kier alpha value is -1.39. The lowest BCUT2D eigenvalue weighted by atomic mass is 10.0. The minimum absolute atomic E-state index is 0.0653. The Morgan fingerprint density at radius 3 is 2.88 bits per heavy atom. The fourth-order valence-corrected chi connectivity index (χ4v) is 1.53. The third-order valence-electron chi connectivity index (χ3n) is 2.40. The lowest BCUT2D eigenvalue weighted by molar-refractivity contribution is -0.137.